The minimum Gasteiger partial charge on any atom is -0.497 e. The quantitative estimate of drug-likeness (QED) is 0.639. The zero-order chi connectivity index (χ0) is 21.6. The number of aromatic nitrogens is 2. The van der Waals surface area contributed by atoms with Crippen LogP contribution in [0.2, 0.25) is 0 Å². The third-order valence-corrected chi connectivity index (χ3v) is 5.36. The zero-order valence-electron chi connectivity index (χ0n) is 17.8. The van der Waals surface area contributed by atoms with Crippen LogP contribution in [0.4, 0.5) is 11.5 Å². The molecule has 1 aromatic heterocycles. The number of amides is 1. The number of nitrogens with one attached hydrogen (secondary N) is 1. The number of hydrogen-bond donors (Lipinski definition) is 1. The summed E-state index contributed by atoms with van der Waals surface area (Å²) in [6, 6.07) is 16.6. The van der Waals surface area contributed by atoms with E-state index >= 15 is 0 Å². The second kappa shape index (κ2) is 9.47. The number of ether oxygens (including phenoxy) is 2. The van der Waals surface area contributed by atoms with Crippen LogP contribution in [0.15, 0.2) is 54.6 Å². The highest BCUT2D eigenvalue weighted by Crippen LogP contribution is 2.25. The van der Waals surface area contributed by atoms with Crippen molar-refractivity contribution in [2.75, 3.05) is 37.5 Å². The van der Waals surface area contributed by atoms with Crippen molar-refractivity contribution < 1.29 is 14.3 Å². The van der Waals surface area contributed by atoms with Crippen LogP contribution in [0.5, 0.6) is 11.5 Å². The number of carbonyl (C=O) groups is 1. The fourth-order valence-corrected chi connectivity index (χ4v) is 3.67. The monoisotopic (exact) mass is 418 g/mol. The Labute approximate surface area is 182 Å². The molecule has 31 heavy (non-hydrogen) atoms. The van der Waals surface area contributed by atoms with Crippen molar-refractivity contribution in [3.63, 3.8) is 0 Å². The molecule has 0 bridgehead atoms. The first kappa shape index (κ1) is 20.7. The van der Waals surface area contributed by atoms with Gasteiger partial charge in [-0.05, 0) is 55.7 Å². The van der Waals surface area contributed by atoms with Gasteiger partial charge in [-0.15, -0.1) is 10.2 Å². The predicted octanol–water partition coefficient (Wildman–Crippen LogP) is 4.40. The summed E-state index contributed by atoms with van der Waals surface area (Å²) in [6.45, 7) is 2.06. The standard InChI is InChI=1S/C24H26N4O3/c1-30-20-14-18(15-21(16-20)31-2)24(29)25-19-8-6-7-17(13-19)22-9-10-23(27-26-22)28-11-4-3-5-12-28/h6-10,13-16H,3-5,11-12H2,1-2H3,(H,25,29). The fraction of sp³-hybridized carbons (Fsp3) is 0.292. The summed E-state index contributed by atoms with van der Waals surface area (Å²) in [5, 5.41) is 11.8. The molecule has 0 radical (unpaired) electrons. The summed E-state index contributed by atoms with van der Waals surface area (Å²) in [5.41, 5.74) is 2.78. The largest absolute Gasteiger partial charge is 0.497 e. The van der Waals surface area contributed by atoms with Gasteiger partial charge in [-0.2, -0.15) is 0 Å². The van der Waals surface area contributed by atoms with Crippen molar-refractivity contribution in [1.29, 1.82) is 0 Å². The molecule has 7 heteroatoms. The lowest BCUT2D eigenvalue weighted by atomic mass is 10.1. The maximum Gasteiger partial charge on any atom is 0.255 e. The van der Waals surface area contributed by atoms with Gasteiger partial charge in [0.15, 0.2) is 5.82 Å². The first-order valence-corrected chi connectivity index (χ1v) is 10.4. The van der Waals surface area contributed by atoms with E-state index in [1.54, 1.807) is 32.4 Å². The Bertz CT molecular complexity index is 1020. The van der Waals surface area contributed by atoms with Gasteiger partial charge in [-0.3, -0.25) is 4.79 Å². The highest BCUT2D eigenvalue weighted by Gasteiger charge is 2.14. The van der Waals surface area contributed by atoms with E-state index in [0.717, 1.165) is 30.2 Å². The smallest absolute Gasteiger partial charge is 0.255 e. The van der Waals surface area contributed by atoms with Gasteiger partial charge in [0.05, 0.1) is 19.9 Å². The molecule has 160 valence electrons. The summed E-state index contributed by atoms with van der Waals surface area (Å²) < 4.78 is 10.5. The molecular formula is C24H26N4O3. The van der Waals surface area contributed by atoms with E-state index in [2.05, 4.69) is 20.4 Å². The number of piperidine rings is 1. The van der Waals surface area contributed by atoms with Gasteiger partial charge in [-0.1, -0.05) is 12.1 Å². The van der Waals surface area contributed by atoms with Crippen molar-refractivity contribution in [3.05, 3.63) is 60.2 Å². The van der Waals surface area contributed by atoms with E-state index in [1.165, 1.54) is 19.3 Å². The van der Waals surface area contributed by atoms with Crippen LogP contribution in [-0.2, 0) is 0 Å². The maximum absolute atomic E-state index is 12.8. The zero-order valence-corrected chi connectivity index (χ0v) is 17.8. The van der Waals surface area contributed by atoms with E-state index < -0.39 is 0 Å². The van der Waals surface area contributed by atoms with Crippen LogP contribution in [0.25, 0.3) is 11.3 Å². The van der Waals surface area contributed by atoms with Crippen molar-refractivity contribution in [1.82, 2.24) is 10.2 Å². The van der Waals surface area contributed by atoms with Gasteiger partial charge < -0.3 is 19.7 Å². The molecule has 2 aromatic carbocycles. The molecule has 1 saturated heterocycles. The summed E-state index contributed by atoms with van der Waals surface area (Å²) in [7, 11) is 3.11. The first-order chi connectivity index (χ1) is 15.2. The van der Waals surface area contributed by atoms with Crippen molar-refractivity contribution in [3.8, 4) is 22.8 Å². The summed E-state index contributed by atoms with van der Waals surface area (Å²) >= 11 is 0. The highest BCUT2D eigenvalue weighted by atomic mass is 16.5. The molecule has 3 aromatic rings. The van der Waals surface area contributed by atoms with E-state index in [1.807, 2.05) is 36.4 Å². The van der Waals surface area contributed by atoms with Gasteiger partial charge in [0, 0.05) is 36.0 Å². The van der Waals surface area contributed by atoms with E-state index in [-0.39, 0.29) is 5.91 Å². The van der Waals surface area contributed by atoms with Crippen molar-refractivity contribution in [2.45, 2.75) is 19.3 Å². The molecule has 0 unspecified atom stereocenters. The fourth-order valence-electron chi connectivity index (χ4n) is 3.67. The molecule has 0 atom stereocenters. The minimum absolute atomic E-state index is 0.249. The molecule has 4 rings (SSSR count). The lowest BCUT2D eigenvalue weighted by molar-refractivity contribution is 0.102. The second-order valence-electron chi connectivity index (χ2n) is 7.46. The molecule has 2 heterocycles. The Kier molecular flexibility index (Phi) is 6.31. The van der Waals surface area contributed by atoms with Gasteiger partial charge in [0.2, 0.25) is 0 Å². The van der Waals surface area contributed by atoms with Crippen LogP contribution in [0, 0.1) is 0 Å². The number of anilines is 2. The number of nitrogens with zero attached hydrogens (tertiary/aromatic N) is 3. The van der Waals surface area contributed by atoms with Gasteiger partial charge in [-0.25, -0.2) is 0 Å². The Hall–Kier alpha value is -3.61. The number of rotatable bonds is 6. The Morgan fingerprint density at radius 3 is 2.29 bits per heavy atom. The Morgan fingerprint density at radius 2 is 1.65 bits per heavy atom. The van der Waals surface area contributed by atoms with Gasteiger partial charge in [0.1, 0.15) is 11.5 Å². The van der Waals surface area contributed by atoms with E-state index in [4.69, 9.17) is 9.47 Å². The third kappa shape index (κ3) is 4.94. The molecule has 1 aliphatic heterocycles. The number of methoxy groups -OCH3 is 2. The van der Waals surface area contributed by atoms with E-state index in [9.17, 15) is 4.79 Å². The molecule has 7 nitrogen and oxygen atoms in total. The lowest BCUT2D eigenvalue weighted by Crippen LogP contribution is -2.30. The van der Waals surface area contributed by atoms with E-state index in [0.29, 0.717) is 22.7 Å². The van der Waals surface area contributed by atoms with Gasteiger partial charge in [0.25, 0.3) is 5.91 Å². The third-order valence-electron chi connectivity index (χ3n) is 5.36. The van der Waals surface area contributed by atoms with Crippen LogP contribution >= 0.6 is 0 Å². The van der Waals surface area contributed by atoms with Gasteiger partial charge >= 0.3 is 0 Å². The van der Waals surface area contributed by atoms with Crippen molar-refractivity contribution in [2.24, 2.45) is 0 Å². The van der Waals surface area contributed by atoms with Crippen LogP contribution in [-0.4, -0.2) is 43.4 Å². The highest BCUT2D eigenvalue weighted by molar-refractivity contribution is 6.05. The molecule has 1 N–H and O–H groups in total. The maximum atomic E-state index is 12.8. The molecule has 0 aliphatic carbocycles. The predicted molar refractivity (Wildman–Crippen MR) is 121 cm³/mol. The second-order valence-corrected chi connectivity index (χ2v) is 7.46. The summed E-state index contributed by atoms with van der Waals surface area (Å²) in [5.74, 6) is 1.78. The van der Waals surface area contributed by atoms with Crippen LogP contribution < -0.4 is 19.7 Å². The number of carbonyl (C=O) groups excluding carboxylic acids is 1. The number of benzene rings is 2. The SMILES string of the molecule is COc1cc(OC)cc(C(=O)Nc2cccc(-c3ccc(N4CCCCC4)nn3)c2)c1. The minimum atomic E-state index is -0.249. The average Bonchev–Trinajstić information content (AvgIpc) is 2.84. The molecule has 1 aliphatic rings. The Morgan fingerprint density at radius 1 is 0.903 bits per heavy atom. The topological polar surface area (TPSA) is 76.6 Å². The van der Waals surface area contributed by atoms with Crippen LogP contribution in [0.1, 0.15) is 29.6 Å². The Balaban J connectivity index is 1.50. The molecule has 0 saturated carbocycles. The number of hydrogen-bond acceptors (Lipinski definition) is 6. The van der Waals surface area contributed by atoms with Crippen LogP contribution in [0.3, 0.4) is 0 Å². The molecule has 0 spiro atoms. The normalized spacial score (nSPS) is 13.5. The average molecular weight is 418 g/mol. The van der Waals surface area contributed by atoms with Crippen molar-refractivity contribution >= 4 is 17.4 Å². The molecule has 1 fully saturated rings. The molecular weight excluding hydrogens is 392 g/mol. The first-order valence-electron chi connectivity index (χ1n) is 10.4. The molecule has 1 amide bonds. The summed E-state index contributed by atoms with van der Waals surface area (Å²) in [4.78, 5) is 15.0. The summed E-state index contributed by atoms with van der Waals surface area (Å²) in [6.07, 6.45) is 3.68. The lowest BCUT2D eigenvalue weighted by Gasteiger charge is -2.27.